The molecule has 0 radical (unpaired) electrons. The van der Waals surface area contributed by atoms with Crippen LogP contribution in [0.15, 0.2) is 5.16 Å². The molecular formula is C6H11N3S. The first kappa shape index (κ1) is 7.60. The Kier molecular flexibility index (Phi) is 2.32. The first-order valence-corrected chi connectivity index (χ1v) is 4.45. The Morgan fingerprint density at radius 3 is 2.70 bits per heavy atom. The molecule has 0 saturated heterocycles. The van der Waals surface area contributed by atoms with E-state index >= 15 is 0 Å². The third-order valence-corrected chi connectivity index (χ3v) is 1.89. The summed E-state index contributed by atoms with van der Waals surface area (Å²) in [4.78, 5) is 4.21. The largest absolute Gasteiger partial charge is 0.241 e. The highest BCUT2D eigenvalue weighted by Gasteiger charge is 2.01. The topological polar surface area (TPSA) is 30.7 Å². The molecule has 0 aromatic carbocycles. The van der Waals surface area contributed by atoms with E-state index in [1.54, 1.807) is 11.8 Å². The van der Waals surface area contributed by atoms with E-state index in [0.29, 0.717) is 0 Å². The van der Waals surface area contributed by atoms with Gasteiger partial charge in [-0.3, -0.25) is 0 Å². The molecule has 0 atom stereocenters. The molecule has 1 rings (SSSR count). The number of nitrogens with zero attached hydrogens (tertiary/aromatic N) is 3. The summed E-state index contributed by atoms with van der Waals surface area (Å²) in [6.45, 7) is 4.87. The molecule has 0 bridgehead atoms. The second-order valence-corrected chi connectivity index (χ2v) is 2.73. The Labute approximate surface area is 64.8 Å². The van der Waals surface area contributed by atoms with Gasteiger partial charge in [0.25, 0.3) is 0 Å². The first-order valence-electron chi connectivity index (χ1n) is 3.23. The van der Waals surface area contributed by atoms with Crippen LogP contribution in [-0.4, -0.2) is 21.0 Å². The molecule has 1 heterocycles. The number of hydrogen-bond donors (Lipinski definition) is 0. The van der Waals surface area contributed by atoms with Crippen LogP contribution in [0.3, 0.4) is 0 Å². The third-order valence-electron chi connectivity index (χ3n) is 1.23. The van der Waals surface area contributed by atoms with Gasteiger partial charge in [0.15, 0.2) is 5.16 Å². The third kappa shape index (κ3) is 1.31. The Balaban J connectivity index is 2.96. The molecule has 0 saturated carbocycles. The fourth-order valence-electron chi connectivity index (χ4n) is 0.793. The number of aryl methyl sites for hydroxylation is 2. The van der Waals surface area contributed by atoms with E-state index in [1.165, 1.54) is 0 Å². The molecule has 1 aromatic rings. The molecule has 0 unspecified atom stereocenters. The van der Waals surface area contributed by atoms with Crippen LogP contribution in [0.1, 0.15) is 12.7 Å². The van der Waals surface area contributed by atoms with Gasteiger partial charge in [0.05, 0.1) is 0 Å². The van der Waals surface area contributed by atoms with E-state index in [2.05, 4.69) is 17.0 Å². The Hall–Kier alpha value is -0.510. The van der Waals surface area contributed by atoms with Gasteiger partial charge in [0, 0.05) is 6.54 Å². The van der Waals surface area contributed by atoms with Crippen molar-refractivity contribution in [3.63, 3.8) is 0 Å². The Morgan fingerprint density at radius 2 is 2.30 bits per heavy atom. The SMILES string of the molecule is CCn1nc(C)nc1SC. The van der Waals surface area contributed by atoms with Crippen molar-refractivity contribution in [3.8, 4) is 0 Å². The van der Waals surface area contributed by atoms with Gasteiger partial charge in [-0.2, -0.15) is 5.10 Å². The molecule has 0 aliphatic rings. The Bertz CT molecular complexity index is 197. The van der Waals surface area contributed by atoms with Crippen LogP contribution in [0, 0.1) is 6.92 Å². The van der Waals surface area contributed by atoms with Crippen LogP contribution in [0.2, 0.25) is 0 Å². The summed E-state index contributed by atoms with van der Waals surface area (Å²) in [6.07, 6.45) is 2.01. The molecular weight excluding hydrogens is 146 g/mol. The number of thioether (sulfide) groups is 1. The van der Waals surface area contributed by atoms with E-state index in [1.807, 2.05) is 17.9 Å². The van der Waals surface area contributed by atoms with Crippen LogP contribution in [0.5, 0.6) is 0 Å². The molecule has 10 heavy (non-hydrogen) atoms. The normalized spacial score (nSPS) is 10.3. The smallest absolute Gasteiger partial charge is 0.186 e. The van der Waals surface area contributed by atoms with Crippen molar-refractivity contribution in [2.24, 2.45) is 0 Å². The lowest BCUT2D eigenvalue weighted by molar-refractivity contribution is 0.594. The predicted octanol–water partition coefficient (Wildman–Crippen LogP) is 1.33. The summed E-state index contributed by atoms with van der Waals surface area (Å²) in [5, 5.41) is 5.18. The second-order valence-electron chi connectivity index (χ2n) is 1.96. The number of rotatable bonds is 2. The van der Waals surface area contributed by atoms with Crippen molar-refractivity contribution in [2.75, 3.05) is 6.26 Å². The van der Waals surface area contributed by atoms with Gasteiger partial charge < -0.3 is 0 Å². The van der Waals surface area contributed by atoms with Gasteiger partial charge in [-0.25, -0.2) is 9.67 Å². The molecule has 0 aliphatic carbocycles. The van der Waals surface area contributed by atoms with Crippen molar-refractivity contribution in [2.45, 2.75) is 25.5 Å². The summed E-state index contributed by atoms with van der Waals surface area (Å²) < 4.78 is 1.90. The van der Waals surface area contributed by atoms with Crippen LogP contribution in [0.25, 0.3) is 0 Å². The summed E-state index contributed by atoms with van der Waals surface area (Å²) in [7, 11) is 0. The van der Waals surface area contributed by atoms with Crippen molar-refractivity contribution >= 4 is 11.8 Å². The quantitative estimate of drug-likeness (QED) is 0.607. The summed E-state index contributed by atoms with van der Waals surface area (Å²) in [5.74, 6) is 0.853. The highest BCUT2D eigenvalue weighted by molar-refractivity contribution is 7.98. The molecule has 1 aromatic heterocycles. The van der Waals surface area contributed by atoms with Crippen LogP contribution in [0.4, 0.5) is 0 Å². The van der Waals surface area contributed by atoms with Crippen LogP contribution >= 0.6 is 11.8 Å². The molecule has 0 N–H and O–H groups in total. The average Bonchev–Trinajstić information content (AvgIpc) is 2.30. The lowest BCUT2D eigenvalue weighted by atomic mass is 10.8. The van der Waals surface area contributed by atoms with Crippen LogP contribution < -0.4 is 0 Å². The molecule has 56 valence electrons. The van der Waals surface area contributed by atoms with E-state index in [0.717, 1.165) is 17.5 Å². The second kappa shape index (κ2) is 3.05. The zero-order valence-corrected chi connectivity index (χ0v) is 7.27. The molecule has 4 heteroatoms. The maximum absolute atomic E-state index is 4.21. The van der Waals surface area contributed by atoms with Gasteiger partial charge in [0.2, 0.25) is 0 Å². The fraction of sp³-hybridized carbons (Fsp3) is 0.667. The summed E-state index contributed by atoms with van der Waals surface area (Å²) >= 11 is 1.63. The number of aromatic nitrogens is 3. The van der Waals surface area contributed by atoms with Crippen molar-refractivity contribution in [3.05, 3.63) is 5.82 Å². The minimum Gasteiger partial charge on any atom is -0.241 e. The van der Waals surface area contributed by atoms with Crippen molar-refractivity contribution in [1.29, 1.82) is 0 Å². The molecule has 0 fully saturated rings. The maximum atomic E-state index is 4.21. The van der Waals surface area contributed by atoms with Gasteiger partial charge >= 0.3 is 0 Å². The van der Waals surface area contributed by atoms with E-state index in [-0.39, 0.29) is 0 Å². The number of hydrogen-bond acceptors (Lipinski definition) is 3. The van der Waals surface area contributed by atoms with E-state index in [4.69, 9.17) is 0 Å². The molecule has 0 spiro atoms. The highest BCUT2D eigenvalue weighted by Crippen LogP contribution is 2.10. The maximum Gasteiger partial charge on any atom is 0.186 e. The lowest BCUT2D eigenvalue weighted by Crippen LogP contribution is -1.97. The van der Waals surface area contributed by atoms with Crippen LogP contribution in [-0.2, 0) is 6.54 Å². The zero-order valence-electron chi connectivity index (χ0n) is 6.46. The minimum atomic E-state index is 0.853. The first-order chi connectivity index (χ1) is 4.77. The van der Waals surface area contributed by atoms with Gasteiger partial charge in [0.1, 0.15) is 5.82 Å². The minimum absolute atomic E-state index is 0.853. The highest BCUT2D eigenvalue weighted by atomic mass is 32.2. The van der Waals surface area contributed by atoms with E-state index < -0.39 is 0 Å². The fourth-order valence-corrected chi connectivity index (χ4v) is 1.40. The average molecular weight is 157 g/mol. The van der Waals surface area contributed by atoms with Gasteiger partial charge in [-0.05, 0) is 20.1 Å². The van der Waals surface area contributed by atoms with Crippen molar-refractivity contribution < 1.29 is 0 Å². The monoisotopic (exact) mass is 157 g/mol. The van der Waals surface area contributed by atoms with Gasteiger partial charge in [-0.1, -0.05) is 11.8 Å². The summed E-state index contributed by atoms with van der Waals surface area (Å²) in [6, 6.07) is 0. The zero-order chi connectivity index (χ0) is 7.56. The Morgan fingerprint density at radius 1 is 1.60 bits per heavy atom. The lowest BCUT2D eigenvalue weighted by Gasteiger charge is -1.95. The molecule has 0 amide bonds. The van der Waals surface area contributed by atoms with Crippen molar-refractivity contribution in [1.82, 2.24) is 14.8 Å². The summed E-state index contributed by atoms with van der Waals surface area (Å²) in [5.41, 5.74) is 0. The molecule has 0 aliphatic heterocycles. The molecule has 3 nitrogen and oxygen atoms in total. The standard InChI is InChI=1S/C6H11N3S/c1-4-9-6(10-3)7-5(2)8-9/h4H2,1-3H3. The predicted molar refractivity (Wildman–Crippen MR) is 42.2 cm³/mol. The van der Waals surface area contributed by atoms with E-state index in [9.17, 15) is 0 Å². The van der Waals surface area contributed by atoms with Gasteiger partial charge in [-0.15, -0.1) is 0 Å².